The first-order chi connectivity index (χ1) is 13.6. The molecule has 0 spiro atoms. The highest BCUT2D eigenvalue weighted by Crippen LogP contribution is 2.21. The van der Waals surface area contributed by atoms with Gasteiger partial charge in [-0.15, -0.1) is 22.0 Å². The average Bonchev–Trinajstić information content (AvgIpc) is 3.05. The van der Waals surface area contributed by atoms with Crippen LogP contribution < -0.4 is 15.9 Å². The molecule has 2 aromatic carbocycles. The van der Waals surface area contributed by atoms with Crippen molar-refractivity contribution < 1.29 is 13.9 Å². The second kappa shape index (κ2) is 9.47. The van der Waals surface area contributed by atoms with Gasteiger partial charge in [0.2, 0.25) is 11.1 Å². The number of carbonyl (C=O) groups is 1. The second-order valence-corrected chi connectivity index (χ2v) is 7.38. The van der Waals surface area contributed by atoms with E-state index in [0.29, 0.717) is 11.0 Å². The minimum Gasteiger partial charge on any atom is -0.482 e. The average molecular weight is 420 g/mol. The Balaban J connectivity index is 1.53. The molecule has 10 heteroatoms. The van der Waals surface area contributed by atoms with Gasteiger partial charge in [-0.1, -0.05) is 30.0 Å². The number of nitrogens with two attached hydrogens (primary N) is 1. The topological polar surface area (TPSA) is 95.1 Å². The van der Waals surface area contributed by atoms with Crippen molar-refractivity contribution in [2.45, 2.75) is 16.7 Å². The first-order valence-electron chi connectivity index (χ1n) is 8.20. The second-order valence-electron chi connectivity index (χ2n) is 5.56. The van der Waals surface area contributed by atoms with Gasteiger partial charge in [0.1, 0.15) is 6.61 Å². The van der Waals surface area contributed by atoms with Crippen molar-refractivity contribution in [2.24, 2.45) is 0 Å². The summed E-state index contributed by atoms with van der Waals surface area (Å²) in [7, 11) is 0. The van der Waals surface area contributed by atoms with Gasteiger partial charge in [0.15, 0.2) is 17.4 Å². The number of hydrogen-bond acceptors (Lipinski definition) is 7. The third kappa shape index (κ3) is 5.17. The van der Waals surface area contributed by atoms with E-state index in [1.165, 1.54) is 16.8 Å². The molecular weight excluding hydrogens is 401 g/mol. The van der Waals surface area contributed by atoms with E-state index in [0.717, 1.165) is 22.3 Å². The minimum atomic E-state index is -0.470. The maximum absolute atomic E-state index is 13.6. The van der Waals surface area contributed by atoms with Crippen molar-refractivity contribution >= 4 is 35.1 Å². The molecule has 0 unspecified atom stereocenters. The number of rotatable bonds is 8. The zero-order valence-corrected chi connectivity index (χ0v) is 16.6. The highest BCUT2D eigenvalue weighted by atomic mass is 32.2. The number of anilines is 1. The number of halogens is 1. The summed E-state index contributed by atoms with van der Waals surface area (Å²) in [4.78, 5) is 13.2. The summed E-state index contributed by atoms with van der Waals surface area (Å²) in [5.41, 5.74) is 0.727. The SMILES string of the molecule is CSc1cccc(NC(=O)CSc2nnc(COc3ccccc3F)n2N)c1. The maximum atomic E-state index is 13.6. The van der Waals surface area contributed by atoms with E-state index in [4.69, 9.17) is 10.6 Å². The molecule has 0 aliphatic rings. The number of ether oxygens (including phenoxy) is 1. The van der Waals surface area contributed by atoms with Gasteiger partial charge >= 0.3 is 0 Å². The van der Waals surface area contributed by atoms with Gasteiger partial charge in [-0.3, -0.25) is 4.79 Å². The molecule has 0 saturated heterocycles. The predicted molar refractivity (Wildman–Crippen MR) is 108 cm³/mol. The van der Waals surface area contributed by atoms with Crippen molar-refractivity contribution in [3.8, 4) is 5.75 Å². The Morgan fingerprint density at radius 3 is 2.86 bits per heavy atom. The van der Waals surface area contributed by atoms with Crippen LogP contribution >= 0.6 is 23.5 Å². The summed E-state index contributed by atoms with van der Waals surface area (Å²) in [6.07, 6.45) is 1.97. The van der Waals surface area contributed by atoms with Gasteiger partial charge in [0.05, 0.1) is 5.75 Å². The lowest BCUT2D eigenvalue weighted by molar-refractivity contribution is -0.113. The quantitative estimate of drug-likeness (QED) is 0.428. The Hall–Kier alpha value is -2.72. The van der Waals surface area contributed by atoms with Gasteiger partial charge in [0, 0.05) is 10.6 Å². The van der Waals surface area contributed by atoms with Gasteiger partial charge in [0.25, 0.3) is 0 Å². The molecule has 0 fully saturated rings. The van der Waals surface area contributed by atoms with E-state index in [1.54, 1.807) is 23.9 Å². The number of aromatic nitrogens is 3. The molecule has 1 amide bonds. The van der Waals surface area contributed by atoms with Gasteiger partial charge < -0.3 is 15.9 Å². The molecule has 0 aliphatic carbocycles. The Labute approximate surface area is 169 Å². The van der Waals surface area contributed by atoms with E-state index < -0.39 is 5.82 Å². The van der Waals surface area contributed by atoms with Gasteiger partial charge in [-0.2, -0.15) is 0 Å². The molecule has 0 atom stereocenters. The van der Waals surface area contributed by atoms with Crippen molar-refractivity contribution in [1.82, 2.24) is 14.9 Å². The van der Waals surface area contributed by atoms with Crippen LogP contribution in [0, 0.1) is 5.82 Å². The summed E-state index contributed by atoms with van der Waals surface area (Å²) in [5, 5.41) is 11.1. The Kier molecular flexibility index (Phi) is 6.77. The van der Waals surface area contributed by atoms with Gasteiger partial charge in [-0.25, -0.2) is 9.07 Å². The van der Waals surface area contributed by atoms with Crippen LogP contribution in [0.2, 0.25) is 0 Å². The summed E-state index contributed by atoms with van der Waals surface area (Å²) in [5.74, 6) is 5.83. The highest BCUT2D eigenvalue weighted by Gasteiger charge is 2.14. The van der Waals surface area contributed by atoms with Crippen molar-refractivity contribution in [3.05, 3.63) is 60.2 Å². The van der Waals surface area contributed by atoms with Crippen molar-refractivity contribution in [1.29, 1.82) is 0 Å². The van der Waals surface area contributed by atoms with Crippen LogP contribution in [0.25, 0.3) is 0 Å². The first-order valence-corrected chi connectivity index (χ1v) is 10.4. The van der Waals surface area contributed by atoms with E-state index in [-0.39, 0.29) is 24.0 Å². The largest absolute Gasteiger partial charge is 0.482 e. The first kappa shape index (κ1) is 20.0. The molecule has 0 saturated carbocycles. The Bertz CT molecular complexity index is 967. The normalized spacial score (nSPS) is 10.6. The summed E-state index contributed by atoms with van der Waals surface area (Å²) >= 11 is 2.75. The Morgan fingerprint density at radius 1 is 1.25 bits per heavy atom. The smallest absolute Gasteiger partial charge is 0.234 e. The molecule has 1 heterocycles. The molecular formula is C18H18FN5O2S2. The molecule has 3 aromatic rings. The van der Waals surface area contributed by atoms with Crippen LogP contribution in [0.3, 0.4) is 0 Å². The van der Waals surface area contributed by atoms with Crippen LogP contribution in [-0.4, -0.2) is 32.8 Å². The standard InChI is InChI=1S/C18H18FN5O2S2/c1-27-13-6-4-5-12(9-13)21-17(25)11-28-18-23-22-16(24(18)20)10-26-15-8-3-2-7-14(15)19/h2-9H,10-11,20H2,1H3,(H,21,25). The van der Waals surface area contributed by atoms with Crippen LogP contribution in [-0.2, 0) is 11.4 Å². The molecule has 3 N–H and O–H groups in total. The van der Waals surface area contributed by atoms with E-state index in [2.05, 4.69) is 15.5 Å². The number of hydrogen-bond donors (Lipinski definition) is 2. The van der Waals surface area contributed by atoms with Crippen LogP contribution in [0.5, 0.6) is 5.75 Å². The summed E-state index contributed by atoms with van der Waals surface area (Å²) in [6, 6.07) is 13.6. The summed E-state index contributed by atoms with van der Waals surface area (Å²) < 4.78 is 20.2. The lowest BCUT2D eigenvalue weighted by atomic mass is 10.3. The number of para-hydroxylation sites is 1. The number of nitrogens with one attached hydrogen (secondary N) is 1. The number of carbonyl (C=O) groups excluding carboxylic acids is 1. The molecule has 1 aromatic heterocycles. The van der Waals surface area contributed by atoms with E-state index in [1.807, 2.05) is 30.5 Å². The third-order valence-electron chi connectivity index (χ3n) is 3.61. The van der Waals surface area contributed by atoms with Crippen LogP contribution in [0.15, 0.2) is 58.6 Å². The minimum absolute atomic E-state index is 0.0430. The molecule has 0 radical (unpaired) electrons. The Morgan fingerprint density at radius 2 is 2.07 bits per heavy atom. The van der Waals surface area contributed by atoms with Crippen molar-refractivity contribution in [3.63, 3.8) is 0 Å². The number of nitrogens with zero attached hydrogens (tertiary/aromatic N) is 3. The fraction of sp³-hybridized carbons (Fsp3) is 0.167. The molecule has 146 valence electrons. The highest BCUT2D eigenvalue weighted by molar-refractivity contribution is 7.99. The fourth-order valence-electron chi connectivity index (χ4n) is 2.24. The van der Waals surface area contributed by atoms with Gasteiger partial charge in [-0.05, 0) is 36.6 Å². The summed E-state index contributed by atoms with van der Waals surface area (Å²) in [6.45, 7) is -0.0430. The molecule has 28 heavy (non-hydrogen) atoms. The molecule has 7 nitrogen and oxygen atoms in total. The number of nitrogen functional groups attached to an aromatic ring is 1. The number of thioether (sulfide) groups is 2. The number of benzene rings is 2. The van der Waals surface area contributed by atoms with Crippen LogP contribution in [0.4, 0.5) is 10.1 Å². The molecule has 0 bridgehead atoms. The fourth-order valence-corrected chi connectivity index (χ4v) is 3.37. The molecule has 3 rings (SSSR count). The van der Waals surface area contributed by atoms with Crippen molar-refractivity contribution in [2.75, 3.05) is 23.2 Å². The van der Waals surface area contributed by atoms with E-state index in [9.17, 15) is 9.18 Å². The monoisotopic (exact) mass is 419 g/mol. The number of amides is 1. The lowest BCUT2D eigenvalue weighted by Gasteiger charge is -2.07. The molecule has 0 aliphatic heterocycles. The predicted octanol–water partition coefficient (Wildman–Crippen LogP) is 3.16. The zero-order valence-electron chi connectivity index (χ0n) is 15.0. The van der Waals surface area contributed by atoms with Crippen LogP contribution in [0.1, 0.15) is 5.82 Å². The lowest BCUT2D eigenvalue weighted by Crippen LogP contribution is -2.18. The maximum Gasteiger partial charge on any atom is 0.234 e. The third-order valence-corrected chi connectivity index (χ3v) is 5.28. The van der Waals surface area contributed by atoms with E-state index >= 15 is 0 Å². The zero-order chi connectivity index (χ0) is 19.9.